The minimum absolute atomic E-state index is 0.0132. The van der Waals surface area contributed by atoms with Crippen LogP contribution in [0.4, 0.5) is 11.4 Å². The monoisotopic (exact) mass is 310 g/mol. The lowest BCUT2D eigenvalue weighted by Gasteiger charge is -2.06. The molecule has 0 aliphatic heterocycles. The number of carbonyl (C=O) groups is 1. The number of nitrogens with one attached hydrogen (secondary N) is 1. The Morgan fingerprint density at radius 3 is 2.74 bits per heavy atom. The van der Waals surface area contributed by atoms with Crippen LogP contribution in [0.25, 0.3) is 11.5 Å². The molecule has 0 fully saturated rings. The Morgan fingerprint density at radius 1 is 1.17 bits per heavy atom. The van der Waals surface area contributed by atoms with Gasteiger partial charge in [0, 0.05) is 17.3 Å². The first kappa shape index (κ1) is 14.4. The van der Waals surface area contributed by atoms with Gasteiger partial charge < -0.3 is 9.73 Å². The number of carbonyl (C=O) groups excluding carboxylic acids is 1. The second-order valence-corrected chi connectivity index (χ2v) is 4.55. The molecule has 0 atom stereocenters. The van der Waals surface area contributed by atoms with E-state index < -0.39 is 10.8 Å². The van der Waals surface area contributed by atoms with Gasteiger partial charge in [-0.05, 0) is 24.3 Å². The Labute approximate surface area is 129 Å². The van der Waals surface area contributed by atoms with Crippen LogP contribution in [0.1, 0.15) is 10.4 Å². The molecule has 1 N–H and O–H groups in total. The predicted molar refractivity (Wildman–Crippen MR) is 80.8 cm³/mol. The number of nitro benzene ring substituents is 1. The number of nitrogens with zero attached hydrogens (tertiary/aromatic N) is 3. The summed E-state index contributed by atoms with van der Waals surface area (Å²) in [5.41, 5.74) is 0.825. The molecule has 0 aliphatic carbocycles. The van der Waals surface area contributed by atoms with Crippen LogP contribution in [0.2, 0.25) is 0 Å². The van der Waals surface area contributed by atoms with Gasteiger partial charge in [-0.25, -0.2) is 0 Å². The normalized spacial score (nSPS) is 10.3. The van der Waals surface area contributed by atoms with E-state index >= 15 is 0 Å². The lowest BCUT2D eigenvalue weighted by molar-refractivity contribution is -0.385. The van der Waals surface area contributed by atoms with Crippen LogP contribution in [0.3, 0.4) is 0 Å². The number of benzene rings is 2. The molecule has 23 heavy (non-hydrogen) atoms. The molecule has 0 radical (unpaired) electrons. The first-order chi connectivity index (χ1) is 11.1. The van der Waals surface area contributed by atoms with Crippen LogP contribution in [0.5, 0.6) is 0 Å². The molecule has 3 aromatic rings. The Hall–Kier alpha value is -3.55. The molecule has 0 unspecified atom stereocenters. The summed E-state index contributed by atoms with van der Waals surface area (Å²) >= 11 is 0. The summed E-state index contributed by atoms with van der Waals surface area (Å²) in [6.07, 6.45) is 1.20. The van der Waals surface area contributed by atoms with Gasteiger partial charge in [-0.15, -0.1) is 10.2 Å². The number of anilines is 1. The van der Waals surface area contributed by atoms with Gasteiger partial charge in [-0.1, -0.05) is 18.2 Å². The predicted octanol–water partition coefficient (Wildman–Crippen LogP) is 2.90. The van der Waals surface area contributed by atoms with Crippen LogP contribution in [-0.2, 0) is 0 Å². The molecule has 0 saturated carbocycles. The maximum atomic E-state index is 12.3. The summed E-state index contributed by atoms with van der Waals surface area (Å²) in [4.78, 5) is 22.7. The largest absolute Gasteiger partial charge is 0.423 e. The van der Waals surface area contributed by atoms with Crippen LogP contribution >= 0.6 is 0 Å². The molecule has 1 aromatic heterocycles. The third-order valence-corrected chi connectivity index (χ3v) is 3.07. The Morgan fingerprint density at radius 2 is 2.00 bits per heavy atom. The number of rotatable bonds is 4. The second-order valence-electron chi connectivity index (χ2n) is 4.55. The van der Waals surface area contributed by atoms with Crippen LogP contribution in [-0.4, -0.2) is 21.0 Å². The average Bonchev–Trinajstić information content (AvgIpc) is 3.09. The van der Waals surface area contributed by atoms with Crippen molar-refractivity contribution < 1.29 is 14.1 Å². The number of aromatic nitrogens is 2. The van der Waals surface area contributed by atoms with Crippen molar-refractivity contribution in [1.82, 2.24) is 10.2 Å². The minimum Gasteiger partial charge on any atom is -0.423 e. The van der Waals surface area contributed by atoms with E-state index in [1.165, 1.54) is 24.6 Å². The zero-order valence-electron chi connectivity index (χ0n) is 11.7. The smallest absolute Gasteiger partial charge is 0.282 e. The lowest BCUT2D eigenvalue weighted by atomic mass is 10.1. The summed E-state index contributed by atoms with van der Waals surface area (Å²) in [7, 11) is 0. The number of para-hydroxylation sites is 1. The highest BCUT2D eigenvalue weighted by atomic mass is 16.6. The van der Waals surface area contributed by atoms with Crippen molar-refractivity contribution >= 4 is 17.3 Å². The molecule has 8 heteroatoms. The zero-order valence-corrected chi connectivity index (χ0v) is 11.7. The quantitative estimate of drug-likeness (QED) is 0.586. The highest BCUT2D eigenvalue weighted by Gasteiger charge is 2.19. The van der Waals surface area contributed by atoms with Crippen molar-refractivity contribution in [3.8, 4) is 11.5 Å². The summed E-state index contributed by atoms with van der Waals surface area (Å²) in [5.74, 6) is -0.258. The Balaban J connectivity index is 1.87. The van der Waals surface area contributed by atoms with E-state index in [0.29, 0.717) is 17.1 Å². The molecule has 0 spiro atoms. The highest BCUT2D eigenvalue weighted by Crippen LogP contribution is 2.22. The van der Waals surface area contributed by atoms with Gasteiger partial charge in [-0.3, -0.25) is 14.9 Å². The van der Waals surface area contributed by atoms with E-state index in [9.17, 15) is 14.9 Å². The number of amides is 1. The zero-order chi connectivity index (χ0) is 16.2. The van der Waals surface area contributed by atoms with E-state index in [-0.39, 0.29) is 11.3 Å². The molecule has 0 aliphatic rings. The van der Waals surface area contributed by atoms with Crippen LogP contribution in [0, 0.1) is 10.1 Å². The maximum Gasteiger partial charge on any atom is 0.282 e. The Kier molecular flexibility index (Phi) is 3.79. The van der Waals surface area contributed by atoms with Crippen LogP contribution in [0.15, 0.2) is 59.3 Å². The molecule has 114 valence electrons. The van der Waals surface area contributed by atoms with Gasteiger partial charge in [0.05, 0.1) is 4.92 Å². The molecule has 8 nitrogen and oxygen atoms in total. The van der Waals surface area contributed by atoms with Crippen molar-refractivity contribution in [2.75, 3.05) is 5.32 Å². The fourth-order valence-corrected chi connectivity index (χ4v) is 2.05. The number of hydrogen-bond donors (Lipinski definition) is 1. The van der Waals surface area contributed by atoms with Gasteiger partial charge in [0.15, 0.2) is 0 Å². The molecular formula is C15H10N4O4. The third-order valence-electron chi connectivity index (χ3n) is 3.07. The van der Waals surface area contributed by atoms with E-state index in [1.54, 1.807) is 30.3 Å². The molecule has 0 bridgehead atoms. The van der Waals surface area contributed by atoms with Gasteiger partial charge in [-0.2, -0.15) is 0 Å². The summed E-state index contributed by atoms with van der Waals surface area (Å²) in [6.45, 7) is 0. The fourth-order valence-electron chi connectivity index (χ4n) is 2.05. The average molecular weight is 310 g/mol. The first-order valence-electron chi connectivity index (χ1n) is 6.56. The highest BCUT2D eigenvalue weighted by molar-refractivity contribution is 6.07. The summed E-state index contributed by atoms with van der Waals surface area (Å²) in [6, 6.07) is 12.5. The SMILES string of the molecule is O=C(Nc1cccc(-c2nnco2)c1)c1ccccc1[N+](=O)[O-]. The second kappa shape index (κ2) is 6.06. The standard InChI is InChI=1S/C15H10N4O4/c20-14(12-6-1-2-7-13(12)19(21)22)17-11-5-3-4-10(8-11)15-18-16-9-23-15/h1-9H,(H,17,20). The molecule has 2 aromatic carbocycles. The van der Waals surface area contributed by atoms with E-state index in [0.717, 1.165) is 0 Å². The molecule has 1 heterocycles. The van der Waals surface area contributed by atoms with E-state index in [4.69, 9.17) is 4.42 Å². The first-order valence-corrected chi connectivity index (χ1v) is 6.56. The van der Waals surface area contributed by atoms with E-state index in [2.05, 4.69) is 15.5 Å². The molecule has 0 saturated heterocycles. The minimum atomic E-state index is -0.593. The van der Waals surface area contributed by atoms with Crippen molar-refractivity contribution in [2.24, 2.45) is 0 Å². The fraction of sp³-hybridized carbons (Fsp3) is 0. The van der Waals surface area contributed by atoms with Crippen molar-refractivity contribution in [1.29, 1.82) is 0 Å². The van der Waals surface area contributed by atoms with Crippen molar-refractivity contribution in [3.63, 3.8) is 0 Å². The van der Waals surface area contributed by atoms with Gasteiger partial charge >= 0.3 is 0 Å². The lowest BCUT2D eigenvalue weighted by Crippen LogP contribution is -2.13. The number of hydrogen-bond acceptors (Lipinski definition) is 6. The number of nitro groups is 1. The van der Waals surface area contributed by atoms with Gasteiger partial charge in [0.2, 0.25) is 12.3 Å². The maximum absolute atomic E-state index is 12.3. The van der Waals surface area contributed by atoms with E-state index in [1.807, 2.05) is 0 Å². The van der Waals surface area contributed by atoms with Crippen molar-refractivity contribution in [3.05, 3.63) is 70.6 Å². The van der Waals surface area contributed by atoms with Crippen LogP contribution < -0.4 is 5.32 Å². The van der Waals surface area contributed by atoms with Crippen molar-refractivity contribution in [2.45, 2.75) is 0 Å². The molecule has 1 amide bonds. The van der Waals surface area contributed by atoms with Gasteiger partial charge in [0.1, 0.15) is 5.56 Å². The topological polar surface area (TPSA) is 111 Å². The summed E-state index contributed by atoms with van der Waals surface area (Å²) in [5, 5.41) is 21.0. The van der Waals surface area contributed by atoms with Gasteiger partial charge in [0.25, 0.3) is 11.6 Å². The Bertz CT molecular complexity index is 861. The molecular weight excluding hydrogens is 300 g/mol. The third kappa shape index (κ3) is 3.05. The molecule has 3 rings (SSSR count). The summed E-state index contributed by atoms with van der Waals surface area (Å²) < 4.78 is 5.09.